The van der Waals surface area contributed by atoms with Crippen LogP contribution in [0.1, 0.15) is 36.3 Å². The minimum absolute atomic E-state index is 0.0742. The summed E-state index contributed by atoms with van der Waals surface area (Å²) in [6.45, 7) is 4.12. The van der Waals surface area contributed by atoms with Gasteiger partial charge in [0.15, 0.2) is 0 Å². The van der Waals surface area contributed by atoms with E-state index in [1.54, 1.807) is 7.11 Å². The van der Waals surface area contributed by atoms with E-state index in [2.05, 4.69) is 22.9 Å². The SMILES string of the molecule is COc1cc(C)c(Br)cc1C(Cl)C1CCC(C)O1. The Balaban J connectivity index is 2.29. The highest BCUT2D eigenvalue weighted by Gasteiger charge is 2.31. The van der Waals surface area contributed by atoms with Gasteiger partial charge in [0, 0.05) is 10.0 Å². The Morgan fingerprint density at radius 1 is 1.44 bits per heavy atom. The summed E-state index contributed by atoms with van der Waals surface area (Å²) < 4.78 is 12.3. The van der Waals surface area contributed by atoms with Crippen molar-refractivity contribution in [3.8, 4) is 5.75 Å². The molecular weight excluding hydrogens is 316 g/mol. The summed E-state index contributed by atoms with van der Waals surface area (Å²) in [5, 5.41) is -0.165. The van der Waals surface area contributed by atoms with E-state index in [9.17, 15) is 0 Å². The highest BCUT2D eigenvalue weighted by atomic mass is 79.9. The zero-order valence-corrected chi connectivity index (χ0v) is 13.2. The van der Waals surface area contributed by atoms with Crippen LogP contribution in [0.25, 0.3) is 0 Å². The molecule has 1 aliphatic heterocycles. The number of ether oxygens (including phenoxy) is 2. The van der Waals surface area contributed by atoms with Crippen molar-refractivity contribution < 1.29 is 9.47 Å². The second kappa shape index (κ2) is 5.81. The summed E-state index contributed by atoms with van der Waals surface area (Å²) in [5.41, 5.74) is 2.14. The number of hydrogen-bond donors (Lipinski definition) is 0. The summed E-state index contributed by atoms with van der Waals surface area (Å²) in [4.78, 5) is 0. The summed E-state index contributed by atoms with van der Waals surface area (Å²) in [5.74, 6) is 0.832. The molecule has 0 N–H and O–H groups in total. The Bertz CT molecular complexity index is 436. The van der Waals surface area contributed by atoms with Gasteiger partial charge < -0.3 is 9.47 Å². The molecular formula is C14H18BrClO2. The van der Waals surface area contributed by atoms with Crippen molar-refractivity contribution in [3.63, 3.8) is 0 Å². The summed E-state index contributed by atoms with van der Waals surface area (Å²) in [7, 11) is 1.67. The highest BCUT2D eigenvalue weighted by molar-refractivity contribution is 9.10. The summed E-state index contributed by atoms with van der Waals surface area (Å²) in [6, 6.07) is 4.05. The van der Waals surface area contributed by atoms with Gasteiger partial charge in [-0.3, -0.25) is 0 Å². The Morgan fingerprint density at radius 3 is 2.72 bits per heavy atom. The molecule has 1 saturated heterocycles. The fourth-order valence-electron chi connectivity index (χ4n) is 2.31. The zero-order valence-electron chi connectivity index (χ0n) is 10.9. The maximum absolute atomic E-state index is 6.56. The lowest BCUT2D eigenvalue weighted by atomic mass is 10.0. The van der Waals surface area contributed by atoms with Gasteiger partial charge in [-0.2, -0.15) is 0 Å². The fraction of sp³-hybridized carbons (Fsp3) is 0.571. The largest absolute Gasteiger partial charge is 0.496 e. The monoisotopic (exact) mass is 332 g/mol. The Morgan fingerprint density at radius 2 is 2.17 bits per heavy atom. The number of rotatable bonds is 3. The Kier molecular flexibility index (Phi) is 4.57. The van der Waals surface area contributed by atoms with E-state index in [1.165, 1.54) is 0 Å². The van der Waals surface area contributed by atoms with E-state index >= 15 is 0 Å². The van der Waals surface area contributed by atoms with Crippen molar-refractivity contribution in [2.24, 2.45) is 0 Å². The van der Waals surface area contributed by atoms with Gasteiger partial charge in [-0.15, -0.1) is 11.6 Å². The van der Waals surface area contributed by atoms with E-state index in [1.807, 2.05) is 19.1 Å². The maximum atomic E-state index is 6.56. The van der Waals surface area contributed by atoms with Gasteiger partial charge in [0.1, 0.15) is 5.75 Å². The van der Waals surface area contributed by atoms with Crippen molar-refractivity contribution in [3.05, 3.63) is 27.7 Å². The minimum Gasteiger partial charge on any atom is -0.496 e. The molecule has 3 atom stereocenters. The molecule has 1 heterocycles. The molecule has 0 aliphatic carbocycles. The topological polar surface area (TPSA) is 18.5 Å². The molecule has 0 aromatic heterocycles. The molecule has 3 unspecified atom stereocenters. The average molecular weight is 334 g/mol. The lowest BCUT2D eigenvalue weighted by molar-refractivity contribution is 0.0529. The fourth-order valence-corrected chi connectivity index (χ4v) is 3.03. The van der Waals surface area contributed by atoms with Gasteiger partial charge in [0.25, 0.3) is 0 Å². The number of halogens is 2. The molecule has 2 rings (SSSR count). The van der Waals surface area contributed by atoms with E-state index in [0.717, 1.165) is 34.2 Å². The first-order valence-corrected chi connectivity index (χ1v) is 7.39. The summed E-state index contributed by atoms with van der Waals surface area (Å²) >= 11 is 10.1. The molecule has 1 fully saturated rings. The predicted octanol–water partition coefficient (Wildman–Crippen LogP) is 4.61. The number of aryl methyl sites for hydroxylation is 1. The van der Waals surface area contributed by atoms with Gasteiger partial charge in [-0.25, -0.2) is 0 Å². The van der Waals surface area contributed by atoms with Gasteiger partial charge in [0.05, 0.1) is 24.7 Å². The first kappa shape index (κ1) is 14.2. The minimum atomic E-state index is -0.165. The Labute approximate surface area is 122 Å². The lowest BCUT2D eigenvalue weighted by Crippen LogP contribution is -2.15. The van der Waals surface area contributed by atoms with Crippen LogP contribution in [0.3, 0.4) is 0 Å². The molecule has 18 heavy (non-hydrogen) atoms. The summed E-state index contributed by atoms with van der Waals surface area (Å²) in [6.07, 6.45) is 2.45. The highest BCUT2D eigenvalue weighted by Crippen LogP contribution is 2.40. The second-order valence-electron chi connectivity index (χ2n) is 4.81. The number of benzene rings is 1. The molecule has 0 radical (unpaired) electrons. The van der Waals surface area contributed by atoms with Gasteiger partial charge in [-0.05, 0) is 44.4 Å². The van der Waals surface area contributed by atoms with Crippen molar-refractivity contribution in [2.75, 3.05) is 7.11 Å². The van der Waals surface area contributed by atoms with Crippen molar-refractivity contribution in [2.45, 2.75) is 44.3 Å². The number of hydrogen-bond acceptors (Lipinski definition) is 2. The van der Waals surface area contributed by atoms with Crippen LogP contribution in [0.5, 0.6) is 5.75 Å². The van der Waals surface area contributed by atoms with Crippen molar-refractivity contribution in [1.82, 2.24) is 0 Å². The van der Waals surface area contributed by atoms with Crippen LogP contribution in [0, 0.1) is 6.92 Å². The third kappa shape index (κ3) is 2.84. The average Bonchev–Trinajstić information content (AvgIpc) is 2.78. The van der Waals surface area contributed by atoms with Crippen LogP contribution in [0.15, 0.2) is 16.6 Å². The van der Waals surface area contributed by atoms with Crippen molar-refractivity contribution >= 4 is 27.5 Å². The molecule has 0 saturated carbocycles. The van der Waals surface area contributed by atoms with Gasteiger partial charge in [-0.1, -0.05) is 15.9 Å². The second-order valence-corrected chi connectivity index (χ2v) is 6.13. The van der Waals surface area contributed by atoms with Crippen LogP contribution in [0.4, 0.5) is 0 Å². The predicted molar refractivity (Wildman–Crippen MR) is 77.6 cm³/mol. The molecule has 4 heteroatoms. The first-order valence-electron chi connectivity index (χ1n) is 6.16. The molecule has 100 valence electrons. The molecule has 1 aromatic carbocycles. The number of alkyl halides is 1. The first-order chi connectivity index (χ1) is 8.52. The molecule has 0 bridgehead atoms. The van der Waals surface area contributed by atoms with E-state index in [4.69, 9.17) is 21.1 Å². The number of methoxy groups -OCH3 is 1. The molecule has 1 aliphatic rings. The normalized spacial score (nSPS) is 25.2. The smallest absolute Gasteiger partial charge is 0.123 e. The zero-order chi connectivity index (χ0) is 13.3. The lowest BCUT2D eigenvalue weighted by Gasteiger charge is -2.21. The Hall–Kier alpha value is -0.250. The molecule has 2 nitrogen and oxygen atoms in total. The standard InChI is InChI=1S/C14H18BrClO2/c1-8-6-13(17-3)10(7-11(8)15)14(16)12-5-4-9(2)18-12/h6-7,9,12,14H,4-5H2,1-3H3. The van der Waals surface area contributed by atoms with Crippen molar-refractivity contribution in [1.29, 1.82) is 0 Å². The van der Waals surface area contributed by atoms with Crippen LogP contribution in [0.2, 0.25) is 0 Å². The molecule has 1 aromatic rings. The van der Waals surface area contributed by atoms with Crippen LogP contribution >= 0.6 is 27.5 Å². The van der Waals surface area contributed by atoms with Crippen LogP contribution in [-0.2, 0) is 4.74 Å². The van der Waals surface area contributed by atoms with Gasteiger partial charge >= 0.3 is 0 Å². The van der Waals surface area contributed by atoms with E-state index in [-0.39, 0.29) is 11.5 Å². The van der Waals surface area contributed by atoms with E-state index < -0.39 is 0 Å². The third-order valence-electron chi connectivity index (χ3n) is 3.40. The maximum Gasteiger partial charge on any atom is 0.123 e. The third-order valence-corrected chi connectivity index (χ3v) is 4.77. The quantitative estimate of drug-likeness (QED) is 0.752. The molecule has 0 spiro atoms. The van der Waals surface area contributed by atoms with Crippen LogP contribution < -0.4 is 4.74 Å². The molecule has 0 amide bonds. The van der Waals surface area contributed by atoms with Crippen LogP contribution in [-0.4, -0.2) is 19.3 Å². The van der Waals surface area contributed by atoms with E-state index in [0.29, 0.717) is 6.10 Å². The van der Waals surface area contributed by atoms with Gasteiger partial charge in [0.2, 0.25) is 0 Å².